The van der Waals surface area contributed by atoms with Crippen LogP contribution in [0.3, 0.4) is 0 Å². The molecule has 5 nitrogen and oxygen atoms in total. The second-order valence-corrected chi connectivity index (χ2v) is 7.64. The lowest BCUT2D eigenvalue weighted by atomic mass is 10.2. The molecule has 2 atom stereocenters. The van der Waals surface area contributed by atoms with Gasteiger partial charge in [0.25, 0.3) is 0 Å². The summed E-state index contributed by atoms with van der Waals surface area (Å²) in [5.74, 6) is -0.537. The lowest BCUT2D eigenvalue weighted by molar-refractivity contribution is -0.120. The molecule has 1 amide bonds. The first-order chi connectivity index (χ1) is 9.93. The van der Waals surface area contributed by atoms with Gasteiger partial charge in [-0.3, -0.25) is 4.79 Å². The Morgan fingerprint density at radius 1 is 1.48 bits per heavy atom. The van der Waals surface area contributed by atoms with E-state index in [0.717, 1.165) is 12.8 Å². The van der Waals surface area contributed by atoms with Crippen molar-refractivity contribution in [2.75, 3.05) is 13.2 Å². The largest absolute Gasteiger partial charge is 0.376 e. The van der Waals surface area contributed by atoms with E-state index in [9.17, 15) is 13.2 Å². The zero-order chi connectivity index (χ0) is 15.5. The highest BCUT2D eigenvalue weighted by atomic mass is 35.5. The van der Waals surface area contributed by atoms with Gasteiger partial charge in [-0.25, -0.2) is 8.42 Å². The topological polar surface area (TPSA) is 72.5 Å². The maximum atomic E-state index is 12.4. The van der Waals surface area contributed by atoms with Crippen LogP contribution in [0.5, 0.6) is 0 Å². The molecule has 0 spiro atoms. The Morgan fingerprint density at radius 2 is 2.19 bits per heavy atom. The Balaban J connectivity index is 2.05. The van der Waals surface area contributed by atoms with Crippen LogP contribution in [0.15, 0.2) is 29.2 Å². The summed E-state index contributed by atoms with van der Waals surface area (Å²) in [6.45, 7) is 2.39. The summed E-state index contributed by atoms with van der Waals surface area (Å²) in [4.78, 5) is 12.0. The third-order valence-corrected chi connectivity index (χ3v) is 6.06. The molecule has 0 aromatic heterocycles. The zero-order valence-corrected chi connectivity index (χ0v) is 13.3. The number of rotatable bonds is 5. The number of amides is 1. The SMILES string of the molecule is C[C@H](C(=O)NC[C@H]1CCCO1)S(=O)(=O)c1ccccc1Cl. The molecule has 1 heterocycles. The van der Waals surface area contributed by atoms with Gasteiger partial charge in [0.1, 0.15) is 5.25 Å². The van der Waals surface area contributed by atoms with Gasteiger partial charge >= 0.3 is 0 Å². The molecule has 0 bridgehead atoms. The summed E-state index contributed by atoms with van der Waals surface area (Å²) in [5, 5.41) is 1.56. The van der Waals surface area contributed by atoms with Gasteiger partial charge < -0.3 is 10.1 Å². The fourth-order valence-electron chi connectivity index (χ4n) is 2.17. The number of halogens is 1. The standard InChI is InChI=1S/C14H18ClNO4S/c1-10(14(17)16-9-11-5-4-8-20-11)21(18,19)13-7-3-2-6-12(13)15/h2-3,6-7,10-11H,4-5,8-9H2,1H3,(H,16,17)/t10-,11-/m1/s1. The van der Waals surface area contributed by atoms with Crippen molar-refractivity contribution in [2.45, 2.75) is 36.0 Å². The molecule has 116 valence electrons. The van der Waals surface area contributed by atoms with Gasteiger partial charge in [0.15, 0.2) is 9.84 Å². The molecule has 0 aliphatic carbocycles. The summed E-state index contributed by atoms with van der Waals surface area (Å²) in [5.41, 5.74) is 0. The molecule has 0 unspecified atom stereocenters. The van der Waals surface area contributed by atoms with Crippen molar-refractivity contribution in [3.05, 3.63) is 29.3 Å². The summed E-state index contributed by atoms with van der Waals surface area (Å²) in [7, 11) is -3.80. The molecule has 1 N–H and O–H groups in total. The van der Waals surface area contributed by atoms with Gasteiger partial charge in [0, 0.05) is 13.2 Å². The van der Waals surface area contributed by atoms with Crippen LogP contribution in [0, 0.1) is 0 Å². The van der Waals surface area contributed by atoms with Crippen LogP contribution in [-0.4, -0.2) is 38.8 Å². The van der Waals surface area contributed by atoms with Crippen molar-refractivity contribution in [1.29, 1.82) is 0 Å². The Labute approximate surface area is 129 Å². The van der Waals surface area contributed by atoms with Crippen molar-refractivity contribution in [3.63, 3.8) is 0 Å². The number of hydrogen-bond donors (Lipinski definition) is 1. The molecule has 21 heavy (non-hydrogen) atoms. The average molecular weight is 332 g/mol. The lowest BCUT2D eigenvalue weighted by Gasteiger charge is -2.16. The summed E-state index contributed by atoms with van der Waals surface area (Å²) >= 11 is 5.91. The zero-order valence-electron chi connectivity index (χ0n) is 11.7. The maximum absolute atomic E-state index is 12.4. The predicted octanol–water partition coefficient (Wildman–Crippen LogP) is 1.80. The number of carbonyl (C=O) groups is 1. The number of benzene rings is 1. The highest BCUT2D eigenvalue weighted by Crippen LogP contribution is 2.24. The third-order valence-electron chi connectivity index (χ3n) is 3.51. The Morgan fingerprint density at radius 3 is 2.81 bits per heavy atom. The fraction of sp³-hybridized carbons (Fsp3) is 0.500. The van der Waals surface area contributed by atoms with Crippen LogP contribution in [0.2, 0.25) is 5.02 Å². The Bertz CT molecular complexity index is 611. The highest BCUT2D eigenvalue weighted by Gasteiger charge is 2.31. The monoisotopic (exact) mass is 331 g/mol. The molecule has 7 heteroatoms. The smallest absolute Gasteiger partial charge is 0.238 e. The second kappa shape index (κ2) is 6.77. The van der Waals surface area contributed by atoms with E-state index in [4.69, 9.17) is 16.3 Å². The van der Waals surface area contributed by atoms with E-state index in [0.29, 0.717) is 13.2 Å². The van der Waals surface area contributed by atoms with Crippen molar-refractivity contribution < 1.29 is 17.9 Å². The van der Waals surface area contributed by atoms with Gasteiger partial charge in [-0.2, -0.15) is 0 Å². The van der Waals surface area contributed by atoms with E-state index in [2.05, 4.69) is 5.32 Å². The molecule has 1 saturated heterocycles. The van der Waals surface area contributed by atoms with E-state index < -0.39 is 21.0 Å². The first kappa shape index (κ1) is 16.3. The first-order valence-corrected chi connectivity index (χ1v) is 8.73. The lowest BCUT2D eigenvalue weighted by Crippen LogP contribution is -2.41. The normalized spacial score (nSPS) is 20.2. The van der Waals surface area contributed by atoms with Gasteiger partial charge in [0.2, 0.25) is 5.91 Å². The third kappa shape index (κ3) is 3.75. The molecule has 1 aliphatic heterocycles. The van der Waals surface area contributed by atoms with Gasteiger partial charge in [-0.15, -0.1) is 0 Å². The number of hydrogen-bond acceptors (Lipinski definition) is 4. The molecule has 1 aliphatic rings. The van der Waals surface area contributed by atoms with Gasteiger partial charge in [-0.05, 0) is 31.9 Å². The molecular formula is C14H18ClNO4S. The average Bonchev–Trinajstić information content (AvgIpc) is 2.97. The Kier molecular flexibility index (Phi) is 5.24. The minimum Gasteiger partial charge on any atom is -0.376 e. The minimum atomic E-state index is -3.80. The molecule has 1 aromatic rings. The fourth-order valence-corrected chi connectivity index (χ4v) is 3.98. The molecular weight excluding hydrogens is 314 g/mol. The van der Waals surface area contributed by atoms with Crippen LogP contribution in [0.1, 0.15) is 19.8 Å². The molecule has 1 aromatic carbocycles. The van der Waals surface area contributed by atoms with Crippen LogP contribution in [0.4, 0.5) is 0 Å². The van der Waals surface area contributed by atoms with Crippen LogP contribution < -0.4 is 5.32 Å². The second-order valence-electron chi connectivity index (χ2n) is 5.00. The first-order valence-electron chi connectivity index (χ1n) is 6.80. The van der Waals surface area contributed by atoms with Gasteiger partial charge in [0.05, 0.1) is 16.0 Å². The van der Waals surface area contributed by atoms with E-state index >= 15 is 0 Å². The van der Waals surface area contributed by atoms with Crippen LogP contribution in [-0.2, 0) is 19.4 Å². The van der Waals surface area contributed by atoms with E-state index in [1.54, 1.807) is 12.1 Å². The Hall–Kier alpha value is -1.11. The number of nitrogens with one attached hydrogen (secondary N) is 1. The van der Waals surface area contributed by atoms with Crippen molar-refractivity contribution in [2.24, 2.45) is 0 Å². The highest BCUT2D eigenvalue weighted by molar-refractivity contribution is 7.92. The summed E-state index contributed by atoms with van der Waals surface area (Å²) in [6.07, 6.45) is 1.82. The maximum Gasteiger partial charge on any atom is 0.238 e. The molecule has 2 rings (SSSR count). The number of sulfone groups is 1. The minimum absolute atomic E-state index is 0.0218. The van der Waals surface area contributed by atoms with E-state index in [1.165, 1.54) is 19.1 Å². The van der Waals surface area contributed by atoms with Gasteiger partial charge in [-0.1, -0.05) is 23.7 Å². The van der Waals surface area contributed by atoms with Crippen molar-refractivity contribution in [3.8, 4) is 0 Å². The molecule has 0 saturated carbocycles. The van der Waals surface area contributed by atoms with E-state index in [-0.39, 0.29) is 16.0 Å². The quantitative estimate of drug-likeness (QED) is 0.893. The predicted molar refractivity (Wildman–Crippen MR) is 80.1 cm³/mol. The van der Waals surface area contributed by atoms with Crippen LogP contribution in [0.25, 0.3) is 0 Å². The van der Waals surface area contributed by atoms with E-state index in [1.807, 2.05) is 0 Å². The molecule has 0 radical (unpaired) electrons. The van der Waals surface area contributed by atoms with Crippen molar-refractivity contribution >= 4 is 27.3 Å². The number of carbonyl (C=O) groups excluding carboxylic acids is 1. The molecule has 1 fully saturated rings. The number of ether oxygens (including phenoxy) is 1. The van der Waals surface area contributed by atoms with Crippen molar-refractivity contribution in [1.82, 2.24) is 5.32 Å². The van der Waals surface area contributed by atoms with Crippen LogP contribution >= 0.6 is 11.6 Å². The summed E-state index contributed by atoms with van der Waals surface area (Å²) in [6, 6.07) is 6.12. The summed E-state index contributed by atoms with van der Waals surface area (Å²) < 4.78 is 30.2.